The SMILES string of the molecule is O=C(O)c1nn(SF)c2c1CCCCC2. The van der Waals surface area contributed by atoms with Crippen molar-refractivity contribution in [2.24, 2.45) is 0 Å². The summed E-state index contributed by atoms with van der Waals surface area (Å²) in [6, 6.07) is 0. The molecule has 2 rings (SSSR count). The van der Waals surface area contributed by atoms with E-state index in [-0.39, 0.29) is 18.0 Å². The van der Waals surface area contributed by atoms with Gasteiger partial charge in [0.05, 0.1) is 5.69 Å². The third-order valence-corrected chi connectivity index (χ3v) is 3.10. The zero-order valence-corrected chi connectivity index (χ0v) is 8.89. The lowest BCUT2D eigenvalue weighted by Crippen LogP contribution is -2.01. The number of carboxylic acids is 1. The molecule has 0 bridgehead atoms. The molecule has 0 saturated heterocycles. The molecule has 0 amide bonds. The van der Waals surface area contributed by atoms with E-state index >= 15 is 0 Å². The molecule has 82 valence electrons. The lowest BCUT2D eigenvalue weighted by atomic mass is 10.1. The minimum Gasteiger partial charge on any atom is -0.476 e. The summed E-state index contributed by atoms with van der Waals surface area (Å²) in [7, 11) is 0. The van der Waals surface area contributed by atoms with Crippen molar-refractivity contribution in [2.75, 3.05) is 0 Å². The highest BCUT2D eigenvalue weighted by atomic mass is 32.2. The fraction of sp³-hybridized carbons (Fsp3) is 0.556. The molecule has 4 nitrogen and oxygen atoms in total. The number of hydrogen-bond donors (Lipinski definition) is 1. The molecule has 1 N–H and O–H groups in total. The second-order valence-electron chi connectivity index (χ2n) is 3.58. The number of fused-ring (bicyclic) bond motifs is 1. The summed E-state index contributed by atoms with van der Waals surface area (Å²) in [6.07, 6.45) is 4.39. The first-order valence-corrected chi connectivity index (χ1v) is 5.54. The largest absolute Gasteiger partial charge is 0.476 e. The number of hydrogen-bond acceptors (Lipinski definition) is 3. The van der Waals surface area contributed by atoms with Crippen LogP contribution < -0.4 is 0 Å². The van der Waals surface area contributed by atoms with Crippen molar-refractivity contribution in [2.45, 2.75) is 32.1 Å². The molecule has 0 aromatic carbocycles. The molecule has 1 aliphatic rings. The standard InChI is InChI=1S/C9H11FN2O2S/c10-15-12-7-5-3-1-2-4-6(7)8(11-12)9(13)14/h1-5H2,(H,13,14). The molecule has 1 aromatic heterocycles. The molecule has 0 radical (unpaired) electrons. The zero-order chi connectivity index (χ0) is 10.8. The van der Waals surface area contributed by atoms with E-state index in [9.17, 15) is 8.68 Å². The fourth-order valence-corrected chi connectivity index (χ4v) is 2.37. The van der Waals surface area contributed by atoms with Gasteiger partial charge in [0.15, 0.2) is 18.0 Å². The smallest absolute Gasteiger partial charge is 0.356 e. The summed E-state index contributed by atoms with van der Waals surface area (Å²) in [5, 5.41) is 12.7. The molecule has 6 heteroatoms. The maximum Gasteiger partial charge on any atom is 0.356 e. The molecule has 1 aromatic rings. The van der Waals surface area contributed by atoms with E-state index in [4.69, 9.17) is 5.11 Å². The summed E-state index contributed by atoms with van der Waals surface area (Å²) in [6.45, 7) is 0. The Hall–Kier alpha value is -1.04. The summed E-state index contributed by atoms with van der Waals surface area (Å²) in [4.78, 5) is 10.9. The Morgan fingerprint density at radius 2 is 2.13 bits per heavy atom. The molecular formula is C9H11FN2O2S. The zero-order valence-electron chi connectivity index (χ0n) is 8.07. The second kappa shape index (κ2) is 4.22. The van der Waals surface area contributed by atoms with Crippen LogP contribution >= 0.6 is 12.3 Å². The average molecular weight is 230 g/mol. The number of aromatic carboxylic acids is 1. The van der Waals surface area contributed by atoms with Crippen LogP contribution in [-0.2, 0) is 12.8 Å². The summed E-state index contributed by atoms with van der Waals surface area (Å²) >= 11 is -0.0269. The van der Waals surface area contributed by atoms with Gasteiger partial charge in [-0.3, -0.25) is 0 Å². The lowest BCUT2D eigenvalue weighted by molar-refractivity contribution is 0.0689. The average Bonchev–Trinajstić information content (AvgIpc) is 2.41. The molecule has 0 saturated carbocycles. The highest BCUT2D eigenvalue weighted by molar-refractivity contribution is 7.92. The molecule has 0 atom stereocenters. The van der Waals surface area contributed by atoms with Gasteiger partial charge in [0, 0.05) is 5.56 Å². The van der Waals surface area contributed by atoms with Crippen molar-refractivity contribution in [3.63, 3.8) is 0 Å². The molecule has 15 heavy (non-hydrogen) atoms. The second-order valence-corrected chi connectivity index (χ2v) is 4.07. The van der Waals surface area contributed by atoms with Gasteiger partial charge in [0.1, 0.15) is 0 Å². The van der Waals surface area contributed by atoms with Crippen molar-refractivity contribution in [3.8, 4) is 0 Å². The molecular weight excluding hydrogens is 219 g/mol. The van der Waals surface area contributed by atoms with Crippen LogP contribution in [0.25, 0.3) is 0 Å². The van der Waals surface area contributed by atoms with E-state index in [2.05, 4.69) is 5.10 Å². The number of carbonyl (C=O) groups is 1. The van der Waals surface area contributed by atoms with Crippen LogP contribution in [-0.4, -0.2) is 20.3 Å². The normalized spacial score (nSPS) is 15.8. The Bertz CT molecular complexity index is 392. The Balaban J connectivity index is 2.49. The van der Waals surface area contributed by atoms with Gasteiger partial charge in [-0.15, -0.1) is 3.89 Å². The Morgan fingerprint density at radius 1 is 1.40 bits per heavy atom. The van der Waals surface area contributed by atoms with E-state index in [1.807, 2.05) is 0 Å². The predicted molar refractivity (Wildman–Crippen MR) is 54.5 cm³/mol. The van der Waals surface area contributed by atoms with Crippen molar-refractivity contribution < 1.29 is 13.8 Å². The van der Waals surface area contributed by atoms with Gasteiger partial charge in [-0.2, -0.15) is 9.19 Å². The first kappa shape index (κ1) is 10.5. The molecule has 1 heterocycles. The minimum absolute atomic E-state index is 0.0112. The summed E-state index contributed by atoms with van der Waals surface area (Å²) < 4.78 is 13.6. The molecule has 0 fully saturated rings. The number of nitrogens with zero attached hydrogens (tertiary/aromatic N) is 2. The highest BCUT2D eigenvalue weighted by Gasteiger charge is 2.23. The Kier molecular flexibility index (Phi) is 2.95. The summed E-state index contributed by atoms with van der Waals surface area (Å²) in [5.74, 6) is -1.07. The van der Waals surface area contributed by atoms with Crippen molar-refractivity contribution in [1.82, 2.24) is 9.19 Å². The molecule has 0 unspecified atom stereocenters. The monoisotopic (exact) mass is 230 g/mol. The molecule has 1 aliphatic carbocycles. The van der Waals surface area contributed by atoms with Crippen LogP contribution in [0.5, 0.6) is 0 Å². The van der Waals surface area contributed by atoms with E-state index in [0.29, 0.717) is 18.4 Å². The molecule has 0 spiro atoms. The summed E-state index contributed by atoms with van der Waals surface area (Å²) in [5.41, 5.74) is 1.46. The predicted octanol–water partition coefficient (Wildman–Crippen LogP) is 2.23. The van der Waals surface area contributed by atoms with Crippen LogP contribution in [0.1, 0.15) is 41.0 Å². The fourth-order valence-electron chi connectivity index (χ4n) is 1.97. The van der Waals surface area contributed by atoms with Crippen molar-refractivity contribution in [3.05, 3.63) is 17.0 Å². The maximum absolute atomic E-state index is 12.5. The van der Waals surface area contributed by atoms with Crippen LogP contribution in [0, 0.1) is 0 Å². The van der Waals surface area contributed by atoms with Gasteiger partial charge in [-0.05, 0) is 25.7 Å². The van der Waals surface area contributed by atoms with Crippen LogP contribution in [0.2, 0.25) is 0 Å². The van der Waals surface area contributed by atoms with Crippen LogP contribution in [0.3, 0.4) is 0 Å². The third-order valence-electron chi connectivity index (χ3n) is 2.66. The van der Waals surface area contributed by atoms with Gasteiger partial charge in [0.2, 0.25) is 0 Å². The van der Waals surface area contributed by atoms with Crippen molar-refractivity contribution in [1.29, 1.82) is 0 Å². The number of carboxylic acid groups (broad SMARTS) is 1. The van der Waals surface area contributed by atoms with Gasteiger partial charge >= 0.3 is 5.97 Å². The van der Waals surface area contributed by atoms with Gasteiger partial charge in [0.25, 0.3) is 0 Å². The first-order chi connectivity index (χ1) is 7.24. The number of halogens is 1. The van der Waals surface area contributed by atoms with Gasteiger partial charge < -0.3 is 5.11 Å². The maximum atomic E-state index is 12.5. The van der Waals surface area contributed by atoms with E-state index in [1.54, 1.807) is 0 Å². The van der Waals surface area contributed by atoms with E-state index < -0.39 is 5.97 Å². The minimum atomic E-state index is -1.07. The van der Waals surface area contributed by atoms with Gasteiger partial charge in [-0.1, -0.05) is 6.42 Å². The van der Waals surface area contributed by atoms with Crippen LogP contribution in [0.15, 0.2) is 0 Å². The molecule has 0 aliphatic heterocycles. The van der Waals surface area contributed by atoms with Crippen molar-refractivity contribution >= 4 is 18.3 Å². The topological polar surface area (TPSA) is 55.1 Å². The third kappa shape index (κ3) is 1.86. The van der Waals surface area contributed by atoms with E-state index in [0.717, 1.165) is 29.0 Å². The first-order valence-electron chi connectivity index (χ1n) is 4.87. The number of rotatable bonds is 2. The lowest BCUT2D eigenvalue weighted by Gasteiger charge is -1.99. The Labute approximate surface area is 90.9 Å². The highest BCUT2D eigenvalue weighted by Crippen LogP contribution is 2.26. The van der Waals surface area contributed by atoms with Crippen LogP contribution in [0.4, 0.5) is 3.89 Å². The number of aromatic nitrogens is 2. The quantitative estimate of drug-likeness (QED) is 0.791. The Morgan fingerprint density at radius 3 is 2.80 bits per heavy atom. The van der Waals surface area contributed by atoms with E-state index in [1.165, 1.54) is 0 Å². The van der Waals surface area contributed by atoms with Gasteiger partial charge in [-0.25, -0.2) is 4.79 Å².